The number of para-hydroxylation sites is 1. The van der Waals surface area contributed by atoms with E-state index in [0.29, 0.717) is 18.6 Å². The van der Waals surface area contributed by atoms with Gasteiger partial charge in [0.25, 0.3) is 5.91 Å². The summed E-state index contributed by atoms with van der Waals surface area (Å²) in [5.74, 6) is -1.65. The van der Waals surface area contributed by atoms with Crippen LogP contribution in [0.25, 0.3) is 0 Å². The standard InChI is InChI=1S/C20H26N2O5/c1-2-16(21-19(24)14-11-15(14)20(25)26)13-7-3-4-8-17(13)27-12-18(23)22-9-5-6-10-22/h3-4,7-8,14-16H,2,5-6,9-12H2,1H3,(H,21,24)(H,25,26). The van der Waals surface area contributed by atoms with Crippen molar-refractivity contribution in [2.75, 3.05) is 19.7 Å². The van der Waals surface area contributed by atoms with Gasteiger partial charge in [0.2, 0.25) is 5.91 Å². The molecule has 2 aliphatic rings. The summed E-state index contributed by atoms with van der Waals surface area (Å²) >= 11 is 0. The largest absolute Gasteiger partial charge is 0.483 e. The normalized spacial score (nSPS) is 22.2. The maximum Gasteiger partial charge on any atom is 0.307 e. The van der Waals surface area contributed by atoms with E-state index in [2.05, 4.69) is 5.32 Å². The average molecular weight is 374 g/mol. The third-order valence-electron chi connectivity index (χ3n) is 5.27. The van der Waals surface area contributed by atoms with Gasteiger partial charge in [-0.1, -0.05) is 25.1 Å². The number of carbonyl (C=O) groups excluding carboxylic acids is 2. The highest BCUT2D eigenvalue weighted by molar-refractivity contribution is 5.89. The highest BCUT2D eigenvalue weighted by Crippen LogP contribution is 2.39. The van der Waals surface area contributed by atoms with Crippen LogP contribution in [0.15, 0.2) is 24.3 Å². The molecule has 1 aromatic rings. The van der Waals surface area contributed by atoms with Crippen molar-refractivity contribution in [2.45, 2.75) is 38.6 Å². The van der Waals surface area contributed by atoms with Crippen LogP contribution in [0.1, 0.15) is 44.2 Å². The second kappa shape index (κ2) is 8.41. The maximum absolute atomic E-state index is 12.3. The number of benzene rings is 1. The molecule has 2 amide bonds. The molecule has 146 valence electrons. The Balaban J connectivity index is 1.63. The lowest BCUT2D eigenvalue weighted by molar-refractivity contribution is -0.140. The minimum Gasteiger partial charge on any atom is -0.483 e. The molecule has 2 fully saturated rings. The number of ether oxygens (including phenoxy) is 1. The highest BCUT2D eigenvalue weighted by Gasteiger charge is 2.48. The smallest absolute Gasteiger partial charge is 0.307 e. The first-order chi connectivity index (χ1) is 13.0. The Morgan fingerprint density at radius 3 is 2.56 bits per heavy atom. The molecule has 3 unspecified atom stereocenters. The van der Waals surface area contributed by atoms with E-state index in [1.54, 1.807) is 11.0 Å². The molecule has 3 atom stereocenters. The van der Waals surface area contributed by atoms with Gasteiger partial charge in [0, 0.05) is 18.7 Å². The summed E-state index contributed by atoms with van der Waals surface area (Å²) in [7, 11) is 0. The quantitative estimate of drug-likeness (QED) is 0.725. The third-order valence-corrected chi connectivity index (χ3v) is 5.27. The van der Waals surface area contributed by atoms with Gasteiger partial charge in [-0.25, -0.2) is 0 Å². The number of nitrogens with zero attached hydrogens (tertiary/aromatic N) is 1. The summed E-state index contributed by atoms with van der Waals surface area (Å²) in [6, 6.07) is 7.06. The molecule has 0 bridgehead atoms. The number of rotatable bonds is 8. The zero-order chi connectivity index (χ0) is 19.4. The van der Waals surface area contributed by atoms with Crippen LogP contribution in [0, 0.1) is 11.8 Å². The lowest BCUT2D eigenvalue weighted by Gasteiger charge is -2.21. The van der Waals surface area contributed by atoms with Gasteiger partial charge >= 0.3 is 5.97 Å². The maximum atomic E-state index is 12.3. The molecule has 1 aliphatic carbocycles. The zero-order valence-electron chi connectivity index (χ0n) is 15.5. The molecule has 1 aliphatic heterocycles. The molecule has 7 nitrogen and oxygen atoms in total. The number of hydrogen-bond acceptors (Lipinski definition) is 4. The first-order valence-electron chi connectivity index (χ1n) is 9.54. The van der Waals surface area contributed by atoms with E-state index in [4.69, 9.17) is 9.84 Å². The summed E-state index contributed by atoms with van der Waals surface area (Å²) in [4.78, 5) is 37.3. The number of carboxylic acid groups (broad SMARTS) is 1. The minimum absolute atomic E-state index is 0.0227. The van der Waals surface area contributed by atoms with Crippen molar-refractivity contribution >= 4 is 17.8 Å². The van der Waals surface area contributed by atoms with Crippen molar-refractivity contribution in [1.29, 1.82) is 0 Å². The Morgan fingerprint density at radius 2 is 1.93 bits per heavy atom. The van der Waals surface area contributed by atoms with E-state index >= 15 is 0 Å². The fourth-order valence-corrected chi connectivity index (χ4v) is 3.53. The Morgan fingerprint density at radius 1 is 1.22 bits per heavy atom. The summed E-state index contributed by atoms with van der Waals surface area (Å²) in [5, 5.41) is 11.9. The Kier molecular flexibility index (Phi) is 5.98. The Hall–Kier alpha value is -2.57. The van der Waals surface area contributed by atoms with E-state index in [-0.39, 0.29) is 24.5 Å². The molecule has 3 rings (SSSR count). The number of hydrogen-bond donors (Lipinski definition) is 2. The molecule has 0 aromatic heterocycles. The van der Waals surface area contributed by atoms with Crippen LogP contribution in [0.3, 0.4) is 0 Å². The second-order valence-electron chi connectivity index (χ2n) is 7.17. The topological polar surface area (TPSA) is 95.9 Å². The van der Waals surface area contributed by atoms with Crippen LogP contribution >= 0.6 is 0 Å². The van der Waals surface area contributed by atoms with Crippen molar-refractivity contribution in [3.63, 3.8) is 0 Å². The Bertz CT molecular complexity index is 714. The summed E-state index contributed by atoms with van der Waals surface area (Å²) in [6.07, 6.45) is 3.09. The van der Waals surface area contributed by atoms with Crippen molar-refractivity contribution in [1.82, 2.24) is 10.2 Å². The van der Waals surface area contributed by atoms with Gasteiger partial charge in [-0.05, 0) is 31.7 Å². The molecule has 0 radical (unpaired) electrons. The van der Waals surface area contributed by atoms with Crippen molar-refractivity contribution in [2.24, 2.45) is 11.8 Å². The van der Waals surface area contributed by atoms with Crippen LogP contribution in [0.2, 0.25) is 0 Å². The minimum atomic E-state index is -0.924. The SMILES string of the molecule is CCC(NC(=O)C1CC1C(=O)O)c1ccccc1OCC(=O)N1CCCC1. The van der Waals surface area contributed by atoms with Gasteiger partial charge in [-0.2, -0.15) is 0 Å². The highest BCUT2D eigenvalue weighted by atomic mass is 16.5. The average Bonchev–Trinajstić information content (AvgIpc) is 3.30. The first-order valence-corrected chi connectivity index (χ1v) is 9.54. The molecule has 1 saturated carbocycles. The van der Waals surface area contributed by atoms with Crippen LogP contribution in [0.4, 0.5) is 0 Å². The number of aliphatic carboxylic acids is 1. The summed E-state index contributed by atoms with van der Waals surface area (Å²) in [6.45, 7) is 3.48. The van der Waals surface area contributed by atoms with Crippen LogP contribution < -0.4 is 10.1 Å². The van der Waals surface area contributed by atoms with Gasteiger partial charge < -0.3 is 20.1 Å². The third kappa shape index (κ3) is 4.59. The molecular formula is C20H26N2O5. The van der Waals surface area contributed by atoms with E-state index in [1.807, 2.05) is 25.1 Å². The lowest BCUT2D eigenvalue weighted by Crippen LogP contribution is -2.33. The summed E-state index contributed by atoms with van der Waals surface area (Å²) < 4.78 is 5.77. The molecule has 27 heavy (non-hydrogen) atoms. The van der Waals surface area contributed by atoms with E-state index in [1.165, 1.54) is 0 Å². The van der Waals surface area contributed by atoms with E-state index in [9.17, 15) is 14.4 Å². The van der Waals surface area contributed by atoms with Crippen LogP contribution in [-0.4, -0.2) is 47.5 Å². The van der Waals surface area contributed by atoms with Gasteiger partial charge in [0.05, 0.1) is 17.9 Å². The lowest BCUT2D eigenvalue weighted by atomic mass is 10.0. The van der Waals surface area contributed by atoms with Gasteiger partial charge in [-0.15, -0.1) is 0 Å². The van der Waals surface area contributed by atoms with Gasteiger partial charge in [-0.3, -0.25) is 14.4 Å². The fraction of sp³-hybridized carbons (Fsp3) is 0.550. The van der Waals surface area contributed by atoms with Crippen LogP contribution in [0.5, 0.6) is 5.75 Å². The number of amides is 2. The van der Waals surface area contributed by atoms with Gasteiger partial charge in [0.1, 0.15) is 5.75 Å². The molecule has 1 heterocycles. The van der Waals surface area contributed by atoms with E-state index in [0.717, 1.165) is 31.5 Å². The zero-order valence-corrected chi connectivity index (χ0v) is 15.5. The summed E-state index contributed by atoms with van der Waals surface area (Å²) in [5.41, 5.74) is 0.801. The first kappa shape index (κ1) is 19.2. The molecule has 0 spiro atoms. The van der Waals surface area contributed by atoms with Gasteiger partial charge in [0.15, 0.2) is 6.61 Å². The number of carbonyl (C=O) groups is 3. The molecular weight excluding hydrogens is 348 g/mol. The van der Waals surface area contributed by atoms with Crippen molar-refractivity contribution in [3.05, 3.63) is 29.8 Å². The molecule has 1 aromatic carbocycles. The second-order valence-corrected chi connectivity index (χ2v) is 7.17. The van der Waals surface area contributed by atoms with Crippen molar-refractivity contribution < 1.29 is 24.2 Å². The fourth-order valence-electron chi connectivity index (χ4n) is 3.53. The predicted octanol–water partition coefficient (Wildman–Crippen LogP) is 1.98. The number of nitrogens with one attached hydrogen (secondary N) is 1. The van der Waals surface area contributed by atoms with E-state index < -0.39 is 17.8 Å². The Labute approximate surface area is 158 Å². The molecule has 7 heteroatoms. The number of likely N-dealkylation sites (tertiary alicyclic amines) is 1. The van der Waals surface area contributed by atoms with Crippen molar-refractivity contribution in [3.8, 4) is 5.75 Å². The van der Waals surface area contributed by atoms with Crippen LogP contribution in [-0.2, 0) is 14.4 Å². The molecule has 2 N–H and O–H groups in total. The number of carboxylic acids is 1. The monoisotopic (exact) mass is 374 g/mol. The predicted molar refractivity (Wildman–Crippen MR) is 98.2 cm³/mol. The molecule has 1 saturated heterocycles.